The lowest BCUT2D eigenvalue weighted by molar-refractivity contribution is 1.27. The van der Waals surface area contributed by atoms with Gasteiger partial charge in [-0.15, -0.1) is 0 Å². The van der Waals surface area contributed by atoms with E-state index in [9.17, 15) is 4.79 Å². The summed E-state index contributed by atoms with van der Waals surface area (Å²) in [6.45, 7) is 3.98. The second kappa shape index (κ2) is 4.80. The molecule has 0 amide bonds. The van der Waals surface area contributed by atoms with Crippen LogP contribution in [0.5, 0.6) is 0 Å². The molecule has 0 radical (unpaired) electrons. The minimum atomic E-state index is -0.108. The largest absolute Gasteiger partial charge is 0.320 e. The van der Waals surface area contributed by atoms with Gasteiger partial charge in [-0.3, -0.25) is 4.79 Å². The molecule has 0 aliphatic heterocycles. The number of rotatable bonds is 1. The highest BCUT2D eigenvalue weighted by Gasteiger charge is 2.11. The predicted molar refractivity (Wildman–Crippen MR) is 84.5 cm³/mol. The van der Waals surface area contributed by atoms with Crippen molar-refractivity contribution in [3.8, 4) is 11.3 Å². The standard InChI is InChI=1S/C17H14ClNO/c1-10-3-6-12(7-4-10)16-15(18)13-8-5-11(2)9-14(13)17(20)19-16/h3-9H,1-2H3,(H,19,20). The maximum absolute atomic E-state index is 12.2. The summed E-state index contributed by atoms with van der Waals surface area (Å²) < 4.78 is 0. The molecule has 1 N–H and O–H groups in total. The average molecular weight is 284 g/mol. The van der Waals surface area contributed by atoms with E-state index in [-0.39, 0.29) is 5.56 Å². The van der Waals surface area contributed by atoms with Crippen LogP contribution in [-0.4, -0.2) is 4.98 Å². The Balaban J connectivity index is 2.33. The molecule has 0 atom stereocenters. The van der Waals surface area contributed by atoms with E-state index in [4.69, 9.17) is 11.6 Å². The van der Waals surface area contributed by atoms with Crippen molar-refractivity contribution in [3.63, 3.8) is 0 Å². The molecule has 3 rings (SSSR count). The molecule has 0 bridgehead atoms. The quantitative estimate of drug-likeness (QED) is 0.702. The van der Waals surface area contributed by atoms with E-state index in [1.165, 1.54) is 5.56 Å². The second-order valence-corrected chi connectivity index (χ2v) is 5.44. The Morgan fingerprint density at radius 3 is 2.25 bits per heavy atom. The number of H-pyrrole nitrogens is 1. The first-order valence-corrected chi connectivity index (χ1v) is 6.83. The molecule has 1 heterocycles. The molecule has 3 aromatic rings. The van der Waals surface area contributed by atoms with E-state index < -0.39 is 0 Å². The highest BCUT2D eigenvalue weighted by atomic mass is 35.5. The van der Waals surface area contributed by atoms with Crippen LogP contribution in [0, 0.1) is 13.8 Å². The van der Waals surface area contributed by atoms with Crippen LogP contribution in [0.25, 0.3) is 22.0 Å². The Labute approximate surface area is 122 Å². The van der Waals surface area contributed by atoms with Crippen molar-refractivity contribution in [2.75, 3.05) is 0 Å². The maximum Gasteiger partial charge on any atom is 0.256 e. The molecule has 20 heavy (non-hydrogen) atoms. The molecule has 0 aliphatic rings. The summed E-state index contributed by atoms with van der Waals surface area (Å²) in [4.78, 5) is 15.1. The average Bonchev–Trinajstić information content (AvgIpc) is 2.44. The monoisotopic (exact) mass is 283 g/mol. The number of halogens is 1. The number of aryl methyl sites for hydroxylation is 2. The van der Waals surface area contributed by atoms with Crippen LogP contribution in [0.1, 0.15) is 11.1 Å². The van der Waals surface area contributed by atoms with Gasteiger partial charge in [0.25, 0.3) is 5.56 Å². The van der Waals surface area contributed by atoms with Crippen LogP contribution in [-0.2, 0) is 0 Å². The molecule has 1 aromatic heterocycles. The second-order valence-electron chi connectivity index (χ2n) is 5.06. The Hall–Kier alpha value is -2.06. The van der Waals surface area contributed by atoms with Crippen LogP contribution >= 0.6 is 11.6 Å². The van der Waals surface area contributed by atoms with Gasteiger partial charge in [0.1, 0.15) is 0 Å². The van der Waals surface area contributed by atoms with Gasteiger partial charge in [0.2, 0.25) is 0 Å². The lowest BCUT2D eigenvalue weighted by Gasteiger charge is -2.08. The number of aromatic nitrogens is 1. The highest BCUT2D eigenvalue weighted by Crippen LogP contribution is 2.31. The van der Waals surface area contributed by atoms with Gasteiger partial charge in [0, 0.05) is 10.8 Å². The Bertz CT molecular complexity index is 847. The molecule has 0 unspecified atom stereocenters. The van der Waals surface area contributed by atoms with Gasteiger partial charge in [-0.1, -0.05) is 59.1 Å². The molecule has 2 aromatic carbocycles. The lowest BCUT2D eigenvalue weighted by Crippen LogP contribution is -2.08. The van der Waals surface area contributed by atoms with Crippen molar-refractivity contribution < 1.29 is 0 Å². The summed E-state index contributed by atoms with van der Waals surface area (Å²) in [5, 5.41) is 2.01. The summed E-state index contributed by atoms with van der Waals surface area (Å²) in [5.74, 6) is 0. The smallest absolute Gasteiger partial charge is 0.256 e. The first kappa shape index (κ1) is 12.9. The van der Waals surface area contributed by atoms with Crippen LogP contribution in [0.3, 0.4) is 0 Å². The van der Waals surface area contributed by atoms with Gasteiger partial charge >= 0.3 is 0 Å². The molecule has 2 nitrogen and oxygen atoms in total. The fourth-order valence-corrected chi connectivity index (χ4v) is 2.65. The lowest BCUT2D eigenvalue weighted by atomic mass is 10.0. The number of hydrogen-bond acceptors (Lipinski definition) is 1. The number of pyridine rings is 1. The molecule has 0 spiro atoms. The minimum absolute atomic E-state index is 0.108. The number of benzene rings is 2. The molecule has 0 saturated heterocycles. The van der Waals surface area contributed by atoms with Gasteiger partial charge in [-0.25, -0.2) is 0 Å². The van der Waals surface area contributed by atoms with Crippen molar-refractivity contribution in [2.24, 2.45) is 0 Å². The zero-order valence-electron chi connectivity index (χ0n) is 11.3. The SMILES string of the molecule is Cc1ccc(-c2[nH]c(=O)c3cc(C)ccc3c2Cl)cc1. The van der Waals surface area contributed by atoms with Gasteiger partial charge in [0.15, 0.2) is 0 Å². The maximum atomic E-state index is 12.2. The van der Waals surface area contributed by atoms with E-state index in [1.54, 1.807) is 0 Å². The van der Waals surface area contributed by atoms with Gasteiger partial charge in [0.05, 0.1) is 10.7 Å². The first-order chi connectivity index (χ1) is 9.56. The number of fused-ring (bicyclic) bond motifs is 1. The molecule has 0 fully saturated rings. The third-order valence-corrected chi connectivity index (χ3v) is 3.85. The van der Waals surface area contributed by atoms with E-state index in [1.807, 2.05) is 56.3 Å². The van der Waals surface area contributed by atoms with Crippen LogP contribution in [0.2, 0.25) is 5.02 Å². The van der Waals surface area contributed by atoms with Crippen molar-refractivity contribution >= 4 is 22.4 Å². The molecule has 0 aliphatic carbocycles. The van der Waals surface area contributed by atoms with Gasteiger partial charge < -0.3 is 4.98 Å². The third-order valence-electron chi connectivity index (χ3n) is 3.45. The van der Waals surface area contributed by atoms with E-state index in [0.29, 0.717) is 16.1 Å². The Kier molecular flexibility index (Phi) is 3.11. The highest BCUT2D eigenvalue weighted by molar-refractivity contribution is 6.37. The van der Waals surface area contributed by atoms with E-state index in [0.717, 1.165) is 16.5 Å². The fraction of sp³-hybridized carbons (Fsp3) is 0.118. The molecule has 0 saturated carbocycles. The summed E-state index contributed by atoms with van der Waals surface area (Å²) in [6.07, 6.45) is 0. The van der Waals surface area contributed by atoms with Crippen LogP contribution < -0.4 is 5.56 Å². The summed E-state index contributed by atoms with van der Waals surface area (Å²) in [6, 6.07) is 13.7. The molecular weight excluding hydrogens is 270 g/mol. The van der Waals surface area contributed by atoms with E-state index in [2.05, 4.69) is 4.98 Å². The van der Waals surface area contributed by atoms with Gasteiger partial charge in [-0.2, -0.15) is 0 Å². The number of aromatic amines is 1. The summed E-state index contributed by atoms with van der Waals surface area (Å²) >= 11 is 6.47. The number of hydrogen-bond donors (Lipinski definition) is 1. The van der Waals surface area contributed by atoms with Crippen molar-refractivity contribution in [1.29, 1.82) is 0 Å². The number of nitrogens with one attached hydrogen (secondary N) is 1. The topological polar surface area (TPSA) is 32.9 Å². The Morgan fingerprint density at radius 2 is 1.55 bits per heavy atom. The molecular formula is C17H14ClNO. The molecule has 3 heteroatoms. The zero-order valence-corrected chi connectivity index (χ0v) is 12.1. The van der Waals surface area contributed by atoms with Gasteiger partial charge in [-0.05, 0) is 25.5 Å². The third kappa shape index (κ3) is 2.12. The van der Waals surface area contributed by atoms with E-state index >= 15 is 0 Å². The molecule has 100 valence electrons. The summed E-state index contributed by atoms with van der Waals surface area (Å²) in [5.41, 5.74) is 3.70. The fourth-order valence-electron chi connectivity index (χ4n) is 2.33. The summed E-state index contributed by atoms with van der Waals surface area (Å²) in [7, 11) is 0. The van der Waals surface area contributed by atoms with Crippen molar-refractivity contribution in [3.05, 3.63) is 69.0 Å². The van der Waals surface area contributed by atoms with Crippen LogP contribution in [0.15, 0.2) is 47.3 Å². The van der Waals surface area contributed by atoms with Crippen molar-refractivity contribution in [1.82, 2.24) is 4.98 Å². The first-order valence-electron chi connectivity index (χ1n) is 6.45. The van der Waals surface area contributed by atoms with Crippen molar-refractivity contribution in [2.45, 2.75) is 13.8 Å². The normalized spacial score (nSPS) is 10.9. The van der Waals surface area contributed by atoms with Crippen LogP contribution in [0.4, 0.5) is 0 Å². The Morgan fingerprint density at radius 1 is 0.900 bits per heavy atom. The predicted octanol–water partition coefficient (Wildman–Crippen LogP) is 4.47. The minimum Gasteiger partial charge on any atom is -0.320 e. The zero-order chi connectivity index (χ0) is 14.3.